The minimum Gasteiger partial charge on any atom is -0.457 e. The van der Waals surface area contributed by atoms with Gasteiger partial charge in [-0.3, -0.25) is 0 Å². The van der Waals surface area contributed by atoms with Crippen LogP contribution in [0.25, 0.3) is 0 Å². The number of nitrogens with zero attached hydrogens (tertiary/aromatic N) is 1. The van der Waals surface area contributed by atoms with Crippen LogP contribution in [0.5, 0.6) is 11.5 Å². The molecule has 2 aromatic carbocycles. The molecule has 0 aromatic heterocycles. The van der Waals surface area contributed by atoms with Gasteiger partial charge in [0.25, 0.3) is 0 Å². The van der Waals surface area contributed by atoms with Crippen molar-refractivity contribution in [2.75, 3.05) is 7.05 Å². The van der Waals surface area contributed by atoms with Crippen LogP contribution < -0.4 is 10.1 Å². The van der Waals surface area contributed by atoms with Crippen molar-refractivity contribution in [3.63, 3.8) is 0 Å². The average molecular weight is 254 g/mol. The summed E-state index contributed by atoms with van der Waals surface area (Å²) in [5, 5.41) is 2.89. The Morgan fingerprint density at radius 2 is 1.79 bits per heavy atom. The molecule has 0 spiro atoms. The van der Waals surface area contributed by atoms with Gasteiger partial charge in [-0.15, -0.1) is 0 Å². The van der Waals surface area contributed by atoms with Crippen LogP contribution in [-0.4, -0.2) is 13.4 Å². The van der Waals surface area contributed by atoms with E-state index in [-0.39, 0.29) is 0 Å². The number of benzene rings is 2. The van der Waals surface area contributed by atoms with E-state index in [2.05, 4.69) is 10.3 Å². The summed E-state index contributed by atoms with van der Waals surface area (Å²) in [7, 11) is 1.83. The second-order valence-electron chi connectivity index (χ2n) is 4.37. The van der Waals surface area contributed by atoms with Crippen LogP contribution in [0.1, 0.15) is 11.1 Å². The van der Waals surface area contributed by atoms with Gasteiger partial charge < -0.3 is 10.1 Å². The maximum absolute atomic E-state index is 5.88. The summed E-state index contributed by atoms with van der Waals surface area (Å²) in [6.07, 6.45) is 1.68. The summed E-state index contributed by atoms with van der Waals surface area (Å²) in [5.74, 6) is 1.71. The molecule has 3 heteroatoms. The normalized spacial score (nSPS) is 10.7. The van der Waals surface area contributed by atoms with E-state index in [1.54, 1.807) is 6.34 Å². The lowest BCUT2D eigenvalue weighted by Gasteiger charge is -2.11. The van der Waals surface area contributed by atoms with Crippen molar-refractivity contribution >= 4 is 12.0 Å². The van der Waals surface area contributed by atoms with E-state index >= 15 is 0 Å². The van der Waals surface area contributed by atoms with Gasteiger partial charge in [-0.1, -0.05) is 18.2 Å². The van der Waals surface area contributed by atoms with Gasteiger partial charge in [-0.05, 0) is 49.2 Å². The van der Waals surface area contributed by atoms with Gasteiger partial charge in [0.2, 0.25) is 0 Å². The maximum atomic E-state index is 5.88. The Morgan fingerprint density at radius 1 is 1.05 bits per heavy atom. The molecule has 0 radical (unpaired) electrons. The van der Waals surface area contributed by atoms with Gasteiger partial charge in [0, 0.05) is 7.05 Å². The highest BCUT2D eigenvalue weighted by atomic mass is 16.5. The fourth-order valence-corrected chi connectivity index (χ4v) is 1.77. The SMILES string of the molecule is CNC=Nc1cc(C)c(Oc2ccccc2)cc1C. The van der Waals surface area contributed by atoms with Crippen molar-refractivity contribution in [3.05, 3.63) is 53.6 Å². The van der Waals surface area contributed by atoms with Gasteiger partial charge >= 0.3 is 0 Å². The molecular weight excluding hydrogens is 236 g/mol. The summed E-state index contributed by atoms with van der Waals surface area (Å²) < 4.78 is 5.88. The van der Waals surface area contributed by atoms with E-state index < -0.39 is 0 Å². The number of rotatable bonds is 4. The van der Waals surface area contributed by atoms with Gasteiger partial charge in [0.1, 0.15) is 11.5 Å². The molecule has 19 heavy (non-hydrogen) atoms. The third-order valence-electron chi connectivity index (χ3n) is 2.80. The first-order chi connectivity index (χ1) is 9.20. The number of hydrogen-bond donors (Lipinski definition) is 1. The zero-order valence-electron chi connectivity index (χ0n) is 11.5. The van der Waals surface area contributed by atoms with Crippen LogP contribution in [0, 0.1) is 13.8 Å². The van der Waals surface area contributed by atoms with Gasteiger partial charge in [0.15, 0.2) is 0 Å². The number of ether oxygens (including phenoxy) is 1. The number of aryl methyl sites for hydroxylation is 2. The van der Waals surface area contributed by atoms with Crippen LogP contribution in [-0.2, 0) is 0 Å². The molecule has 0 heterocycles. The molecule has 1 N–H and O–H groups in total. The first-order valence-electron chi connectivity index (χ1n) is 6.24. The molecule has 2 rings (SSSR count). The minimum atomic E-state index is 0.844. The lowest BCUT2D eigenvalue weighted by Crippen LogP contribution is -2.00. The first-order valence-corrected chi connectivity index (χ1v) is 6.24. The van der Waals surface area contributed by atoms with Crippen molar-refractivity contribution < 1.29 is 4.74 Å². The average Bonchev–Trinajstić information content (AvgIpc) is 2.42. The molecule has 0 bridgehead atoms. The number of hydrogen-bond acceptors (Lipinski definition) is 2. The van der Waals surface area contributed by atoms with Crippen molar-refractivity contribution in [3.8, 4) is 11.5 Å². The third-order valence-corrected chi connectivity index (χ3v) is 2.80. The number of aliphatic imine (C=N–C) groups is 1. The number of nitrogens with one attached hydrogen (secondary N) is 1. The highest BCUT2D eigenvalue weighted by Crippen LogP contribution is 2.31. The van der Waals surface area contributed by atoms with Crippen LogP contribution in [0.4, 0.5) is 5.69 Å². The lowest BCUT2D eigenvalue weighted by molar-refractivity contribution is 0.478. The predicted octanol–water partition coefficient (Wildman–Crippen LogP) is 3.97. The Morgan fingerprint density at radius 3 is 2.47 bits per heavy atom. The van der Waals surface area contributed by atoms with E-state index in [1.807, 2.05) is 63.4 Å². The molecule has 0 fully saturated rings. The quantitative estimate of drug-likeness (QED) is 0.661. The zero-order chi connectivity index (χ0) is 13.7. The van der Waals surface area contributed by atoms with Crippen molar-refractivity contribution in [2.24, 2.45) is 4.99 Å². The van der Waals surface area contributed by atoms with Gasteiger partial charge in [0.05, 0.1) is 12.0 Å². The molecular formula is C16H18N2O. The Hall–Kier alpha value is -2.29. The van der Waals surface area contributed by atoms with Gasteiger partial charge in [-0.25, -0.2) is 4.99 Å². The Balaban J connectivity index is 2.28. The molecule has 0 amide bonds. The third kappa shape index (κ3) is 3.35. The van der Waals surface area contributed by atoms with Crippen molar-refractivity contribution in [1.29, 1.82) is 0 Å². The number of para-hydroxylation sites is 1. The molecule has 0 atom stereocenters. The monoisotopic (exact) mass is 254 g/mol. The van der Waals surface area contributed by atoms with Crippen molar-refractivity contribution in [2.45, 2.75) is 13.8 Å². The summed E-state index contributed by atoms with van der Waals surface area (Å²) in [4.78, 5) is 4.34. The van der Waals surface area contributed by atoms with E-state index in [4.69, 9.17) is 4.74 Å². The summed E-state index contributed by atoms with van der Waals surface area (Å²) in [5.41, 5.74) is 3.10. The molecule has 0 aliphatic heterocycles. The molecule has 0 unspecified atom stereocenters. The van der Waals surface area contributed by atoms with E-state index in [0.717, 1.165) is 28.3 Å². The topological polar surface area (TPSA) is 33.6 Å². The predicted molar refractivity (Wildman–Crippen MR) is 79.6 cm³/mol. The van der Waals surface area contributed by atoms with E-state index in [1.165, 1.54) is 0 Å². The van der Waals surface area contributed by atoms with Crippen LogP contribution in [0.3, 0.4) is 0 Å². The molecule has 0 aliphatic rings. The summed E-state index contributed by atoms with van der Waals surface area (Å²) >= 11 is 0. The van der Waals surface area contributed by atoms with Crippen molar-refractivity contribution in [1.82, 2.24) is 5.32 Å². The lowest BCUT2D eigenvalue weighted by atomic mass is 10.1. The van der Waals surface area contributed by atoms with E-state index in [9.17, 15) is 0 Å². The van der Waals surface area contributed by atoms with E-state index in [0.29, 0.717) is 0 Å². The maximum Gasteiger partial charge on any atom is 0.130 e. The molecule has 3 nitrogen and oxygen atoms in total. The zero-order valence-corrected chi connectivity index (χ0v) is 11.5. The second kappa shape index (κ2) is 6.05. The first kappa shape index (κ1) is 13.1. The smallest absolute Gasteiger partial charge is 0.130 e. The molecule has 0 saturated heterocycles. The van der Waals surface area contributed by atoms with Crippen LogP contribution in [0.2, 0.25) is 0 Å². The highest BCUT2D eigenvalue weighted by molar-refractivity contribution is 5.64. The standard InChI is InChI=1S/C16H18N2O/c1-12-10-16(19-14-7-5-4-6-8-14)13(2)9-15(12)18-11-17-3/h4-11H,1-3H3,(H,17,18). The highest BCUT2D eigenvalue weighted by Gasteiger charge is 2.05. The molecule has 98 valence electrons. The Kier molecular flexibility index (Phi) is 4.18. The summed E-state index contributed by atoms with van der Waals surface area (Å²) in [6.45, 7) is 4.05. The fourth-order valence-electron chi connectivity index (χ4n) is 1.77. The largest absolute Gasteiger partial charge is 0.457 e. The molecule has 2 aromatic rings. The Bertz CT molecular complexity index is 577. The van der Waals surface area contributed by atoms with Crippen LogP contribution >= 0.6 is 0 Å². The molecule has 0 saturated carbocycles. The fraction of sp³-hybridized carbons (Fsp3) is 0.188. The second-order valence-corrected chi connectivity index (χ2v) is 4.37. The minimum absolute atomic E-state index is 0.844. The van der Waals surface area contributed by atoms with Gasteiger partial charge in [-0.2, -0.15) is 0 Å². The Labute approximate surface area is 114 Å². The molecule has 0 aliphatic carbocycles. The van der Waals surface area contributed by atoms with Crippen LogP contribution in [0.15, 0.2) is 47.5 Å². The summed E-state index contributed by atoms with van der Waals surface area (Å²) in [6, 6.07) is 13.8.